The monoisotopic (exact) mass is 155 g/mol. The Kier molecular flexibility index (Phi) is 2.53. The number of carbonyl (C=O) groups excluding carboxylic acids is 1. The molecular weight excluding hydrogens is 138 g/mol. The molecule has 0 bridgehead atoms. The molecule has 1 unspecified atom stereocenters. The Labute approximate surface area is 68.6 Å². The fraction of sp³-hybridized carbons (Fsp3) is 0.889. The van der Waals surface area contributed by atoms with Crippen LogP contribution in [0.5, 0.6) is 0 Å². The first-order valence-corrected chi connectivity index (χ1v) is 4.36. The maximum absolute atomic E-state index is 11.0. The van der Waals surface area contributed by atoms with Gasteiger partial charge >= 0.3 is 0 Å². The van der Waals surface area contributed by atoms with Gasteiger partial charge in [-0.3, -0.25) is 4.79 Å². The summed E-state index contributed by atoms with van der Waals surface area (Å²) in [5.41, 5.74) is 0. The van der Waals surface area contributed by atoms with Gasteiger partial charge in [-0.25, -0.2) is 0 Å². The number of rotatable bonds is 2. The quantitative estimate of drug-likeness (QED) is 0.594. The van der Waals surface area contributed by atoms with Crippen molar-refractivity contribution in [1.82, 2.24) is 4.90 Å². The van der Waals surface area contributed by atoms with Gasteiger partial charge < -0.3 is 4.90 Å². The zero-order valence-corrected chi connectivity index (χ0v) is 7.63. The van der Waals surface area contributed by atoms with Crippen LogP contribution >= 0.6 is 0 Å². The van der Waals surface area contributed by atoms with Gasteiger partial charge in [-0.15, -0.1) is 0 Å². The molecule has 0 aromatic heterocycles. The minimum atomic E-state index is 0.185. The first kappa shape index (κ1) is 8.57. The van der Waals surface area contributed by atoms with Crippen molar-refractivity contribution in [2.45, 2.75) is 39.2 Å². The largest absolute Gasteiger partial charge is 0.343 e. The summed E-state index contributed by atoms with van der Waals surface area (Å²) in [6, 6.07) is 0.446. The molecule has 0 spiro atoms. The summed E-state index contributed by atoms with van der Waals surface area (Å²) in [4.78, 5) is 12.8. The maximum Gasteiger partial charge on any atom is 0.219 e. The van der Waals surface area contributed by atoms with E-state index in [1.54, 1.807) is 6.92 Å². The highest BCUT2D eigenvalue weighted by atomic mass is 16.2. The number of hydrogen-bond acceptors (Lipinski definition) is 1. The van der Waals surface area contributed by atoms with E-state index >= 15 is 0 Å². The summed E-state index contributed by atoms with van der Waals surface area (Å²) < 4.78 is 0. The van der Waals surface area contributed by atoms with E-state index < -0.39 is 0 Å². The Morgan fingerprint density at radius 2 is 2.09 bits per heavy atom. The molecule has 0 N–H and O–H groups in total. The van der Waals surface area contributed by atoms with Crippen molar-refractivity contribution in [3.05, 3.63) is 0 Å². The van der Waals surface area contributed by atoms with E-state index in [1.165, 1.54) is 19.3 Å². The second-order valence-corrected chi connectivity index (χ2v) is 3.56. The predicted octanol–water partition coefficient (Wildman–Crippen LogP) is 1.65. The number of nitrogens with zero attached hydrogens (tertiary/aromatic N) is 1. The molecule has 1 amide bonds. The Morgan fingerprint density at radius 1 is 1.55 bits per heavy atom. The minimum absolute atomic E-state index is 0.185. The zero-order valence-electron chi connectivity index (χ0n) is 7.63. The average Bonchev–Trinajstić information content (AvgIpc) is 1.82. The van der Waals surface area contributed by atoms with Gasteiger partial charge in [0.1, 0.15) is 0 Å². The molecule has 1 fully saturated rings. The molecular formula is C9H17NO. The van der Waals surface area contributed by atoms with Crippen molar-refractivity contribution in [1.29, 1.82) is 0 Å². The lowest BCUT2D eigenvalue weighted by Crippen LogP contribution is -2.41. The summed E-state index contributed by atoms with van der Waals surface area (Å²) in [5, 5.41) is 0. The van der Waals surface area contributed by atoms with Crippen molar-refractivity contribution in [2.24, 2.45) is 5.92 Å². The molecule has 0 heterocycles. The maximum atomic E-state index is 11.0. The van der Waals surface area contributed by atoms with Gasteiger partial charge in [0, 0.05) is 20.0 Å². The third-order valence-corrected chi connectivity index (χ3v) is 2.94. The lowest BCUT2D eigenvalue weighted by atomic mass is 9.80. The molecule has 11 heavy (non-hydrogen) atoms. The van der Waals surface area contributed by atoms with E-state index in [1.807, 2.05) is 11.9 Å². The first-order valence-electron chi connectivity index (χ1n) is 4.36. The Balaban J connectivity index is 2.38. The van der Waals surface area contributed by atoms with E-state index in [9.17, 15) is 4.79 Å². The van der Waals surface area contributed by atoms with Crippen molar-refractivity contribution in [3.8, 4) is 0 Å². The lowest BCUT2D eigenvalue weighted by Gasteiger charge is -2.36. The molecule has 0 radical (unpaired) electrons. The van der Waals surface area contributed by atoms with Crippen LogP contribution in [-0.2, 0) is 4.79 Å². The molecule has 0 saturated heterocycles. The predicted molar refractivity (Wildman–Crippen MR) is 45.2 cm³/mol. The van der Waals surface area contributed by atoms with Gasteiger partial charge in [-0.05, 0) is 25.7 Å². The second kappa shape index (κ2) is 3.24. The second-order valence-electron chi connectivity index (χ2n) is 3.56. The van der Waals surface area contributed by atoms with Gasteiger partial charge in [0.15, 0.2) is 0 Å². The number of carbonyl (C=O) groups is 1. The average molecular weight is 155 g/mol. The highest BCUT2D eigenvalue weighted by molar-refractivity contribution is 5.73. The van der Waals surface area contributed by atoms with Crippen molar-refractivity contribution in [2.75, 3.05) is 7.05 Å². The van der Waals surface area contributed by atoms with E-state index in [2.05, 4.69) is 6.92 Å². The van der Waals surface area contributed by atoms with Gasteiger partial charge in [0.2, 0.25) is 5.91 Å². The van der Waals surface area contributed by atoms with E-state index in [0.717, 1.165) is 5.92 Å². The Bertz CT molecular complexity index is 152. The van der Waals surface area contributed by atoms with E-state index in [-0.39, 0.29) is 5.91 Å². The van der Waals surface area contributed by atoms with Crippen molar-refractivity contribution >= 4 is 5.91 Å². The molecule has 64 valence electrons. The molecule has 1 aliphatic carbocycles. The van der Waals surface area contributed by atoms with Crippen LogP contribution in [0.3, 0.4) is 0 Å². The van der Waals surface area contributed by atoms with Gasteiger partial charge in [0.05, 0.1) is 0 Å². The SMILES string of the molecule is CC(=O)N(C)C(C)C1CCC1. The zero-order chi connectivity index (χ0) is 8.43. The van der Waals surface area contributed by atoms with Crippen LogP contribution in [0.4, 0.5) is 0 Å². The lowest BCUT2D eigenvalue weighted by molar-refractivity contribution is -0.130. The summed E-state index contributed by atoms with van der Waals surface area (Å²) in [5.74, 6) is 0.952. The topological polar surface area (TPSA) is 20.3 Å². The van der Waals surface area contributed by atoms with Crippen LogP contribution < -0.4 is 0 Å². The molecule has 1 rings (SSSR count). The van der Waals surface area contributed by atoms with Crippen LogP contribution in [0.15, 0.2) is 0 Å². The molecule has 2 nitrogen and oxygen atoms in total. The molecule has 0 aromatic carbocycles. The third kappa shape index (κ3) is 1.73. The highest BCUT2D eigenvalue weighted by Crippen LogP contribution is 2.31. The Morgan fingerprint density at radius 3 is 2.36 bits per heavy atom. The van der Waals surface area contributed by atoms with Gasteiger partial charge in [0.25, 0.3) is 0 Å². The molecule has 2 heteroatoms. The minimum Gasteiger partial charge on any atom is -0.343 e. The summed E-state index contributed by atoms with van der Waals surface area (Å²) in [6.07, 6.45) is 3.96. The van der Waals surface area contributed by atoms with Crippen molar-refractivity contribution in [3.63, 3.8) is 0 Å². The normalized spacial score (nSPS) is 20.6. The standard InChI is InChI=1S/C9H17NO/c1-7(9-5-4-6-9)10(3)8(2)11/h7,9H,4-6H2,1-3H3. The number of hydrogen-bond donors (Lipinski definition) is 0. The summed E-state index contributed by atoms with van der Waals surface area (Å²) in [7, 11) is 1.89. The van der Waals surface area contributed by atoms with E-state index in [0.29, 0.717) is 6.04 Å². The summed E-state index contributed by atoms with van der Waals surface area (Å²) in [6.45, 7) is 3.78. The van der Waals surface area contributed by atoms with Crippen LogP contribution in [0.1, 0.15) is 33.1 Å². The smallest absolute Gasteiger partial charge is 0.219 e. The Hall–Kier alpha value is -0.530. The van der Waals surface area contributed by atoms with Crippen molar-refractivity contribution < 1.29 is 4.79 Å². The first-order chi connectivity index (χ1) is 5.13. The fourth-order valence-electron chi connectivity index (χ4n) is 1.53. The molecule has 0 aromatic rings. The van der Waals surface area contributed by atoms with E-state index in [4.69, 9.17) is 0 Å². The van der Waals surface area contributed by atoms with Crippen LogP contribution in [0.2, 0.25) is 0 Å². The van der Waals surface area contributed by atoms with Crippen LogP contribution in [0.25, 0.3) is 0 Å². The number of amides is 1. The van der Waals surface area contributed by atoms with Gasteiger partial charge in [-0.2, -0.15) is 0 Å². The summed E-state index contributed by atoms with van der Waals surface area (Å²) >= 11 is 0. The van der Waals surface area contributed by atoms with Crippen LogP contribution in [-0.4, -0.2) is 23.9 Å². The van der Waals surface area contributed by atoms with Crippen LogP contribution in [0, 0.1) is 5.92 Å². The van der Waals surface area contributed by atoms with Gasteiger partial charge in [-0.1, -0.05) is 6.42 Å². The fourth-order valence-corrected chi connectivity index (χ4v) is 1.53. The molecule has 1 aliphatic rings. The molecule has 0 aliphatic heterocycles. The molecule has 1 saturated carbocycles. The third-order valence-electron chi connectivity index (χ3n) is 2.94. The molecule has 1 atom stereocenters. The highest BCUT2D eigenvalue weighted by Gasteiger charge is 2.27.